The molecule has 2 amide bonds. The Bertz CT molecular complexity index is 825. The van der Waals surface area contributed by atoms with Crippen molar-refractivity contribution < 1.29 is 19.1 Å². The number of carbonyl (C=O) groups is 3. The minimum Gasteiger partial charge on any atom is -0.451 e. The van der Waals surface area contributed by atoms with Crippen LogP contribution >= 0.6 is 0 Å². The number of amides is 2. The first-order valence-corrected chi connectivity index (χ1v) is 8.77. The van der Waals surface area contributed by atoms with E-state index >= 15 is 0 Å². The predicted molar refractivity (Wildman–Crippen MR) is 96.3 cm³/mol. The molecule has 1 heterocycles. The zero-order valence-electron chi connectivity index (χ0n) is 14.9. The Kier molecular flexibility index (Phi) is 5.25. The van der Waals surface area contributed by atoms with Gasteiger partial charge in [-0.25, -0.2) is 4.79 Å². The van der Waals surface area contributed by atoms with E-state index in [9.17, 15) is 14.4 Å². The van der Waals surface area contributed by atoms with E-state index in [1.807, 2.05) is 30.5 Å². The molecule has 1 aromatic heterocycles. The molecule has 1 aromatic carbocycles. The molecule has 1 aliphatic carbocycles. The summed E-state index contributed by atoms with van der Waals surface area (Å²) in [6.45, 7) is 2.88. The zero-order chi connectivity index (χ0) is 18.7. The highest BCUT2D eigenvalue weighted by molar-refractivity contribution is 5.89. The molecule has 2 atom stereocenters. The summed E-state index contributed by atoms with van der Waals surface area (Å²) in [5.41, 5.74) is 1.85. The van der Waals surface area contributed by atoms with Crippen molar-refractivity contribution in [3.05, 3.63) is 36.0 Å². The quantitative estimate of drug-likeness (QED) is 0.653. The lowest BCUT2D eigenvalue weighted by Gasteiger charge is -2.19. The lowest BCUT2D eigenvalue weighted by atomic mass is 10.0. The van der Waals surface area contributed by atoms with Gasteiger partial charge in [-0.05, 0) is 31.4 Å². The van der Waals surface area contributed by atoms with Crippen LogP contribution in [0.1, 0.15) is 32.3 Å². The van der Waals surface area contributed by atoms with E-state index in [-0.39, 0.29) is 24.3 Å². The van der Waals surface area contributed by atoms with Crippen molar-refractivity contribution in [1.29, 1.82) is 0 Å². The van der Waals surface area contributed by atoms with Crippen molar-refractivity contribution in [2.75, 3.05) is 0 Å². The molecule has 1 aliphatic rings. The van der Waals surface area contributed by atoms with Crippen LogP contribution in [0.5, 0.6) is 0 Å². The van der Waals surface area contributed by atoms with E-state index in [2.05, 4.69) is 15.6 Å². The number of aromatic amines is 1. The minimum absolute atomic E-state index is 0.195. The van der Waals surface area contributed by atoms with Crippen molar-refractivity contribution in [2.45, 2.75) is 51.3 Å². The van der Waals surface area contributed by atoms with E-state index in [1.54, 1.807) is 0 Å². The third kappa shape index (κ3) is 4.41. The average molecular weight is 357 g/mol. The van der Waals surface area contributed by atoms with Crippen molar-refractivity contribution in [1.82, 2.24) is 15.6 Å². The number of esters is 1. The molecular formula is C19H23N3O4. The second-order valence-electron chi connectivity index (χ2n) is 6.68. The van der Waals surface area contributed by atoms with E-state index < -0.39 is 18.1 Å². The number of hydrogen-bond donors (Lipinski definition) is 3. The Labute approximate surface area is 151 Å². The van der Waals surface area contributed by atoms with Gasteiger partial charge in [0.1, 0.15) is 6.04 Å². The summed E-state index contributed by atoms with van der Waals surface area (Å²) in [5, 5.41) is 6.40. The molecule has 3 rings (SSSR count). The number of benzene rings is 1. The molecule has 0 spiro atoms. The number of rotatable bonds is 7. The van der Waals surface area contributed by atoms with Crippen LogP contribution in [0.4, 0.5) is 0 Å². The molecule has 2 aromatic rings. The Morgan fingerprint density at radius 1 is 1.27 bits per heavy atom. The van der Waals surface area contributed by atoms with Gasteiger partial charge in [0.25, 0.3) is 5.91 Å². The lowest BCUT2D eigenvalue weighted by Crippen LogP contribution is -2.45. The fourth-order valence-electron chi connectivity index (χ4n) is 2.82. The number of hydrogen-bond acceptors (Lipinski definition) is 4. The minimum atomic E-state index is -0.901. The van der Waals surface area contributed by atoms with Gasteiger partial charge in [0.2, 0.25) is 5.91 Å². The Hall–Kier alpha value is -2.83. The highest BCUT2D eigenvalue weighted by atomic mass is 16.5. The maximum absolute atomic E-state index is 12.5. The molecule has 0 saturated heterocycles. The van der Waals surface area contributed by atoms with Crippen LogP contribution < -0.4 is 10.6 Å². The molecule has 0 bridgehead atoms. The van der Waals surface area contributed by atoms with Gasteiger partial charge in [0, 0.05) is 36.5 Å². The molecular weight excluding hydrogens is 334 g/mol. The van der Waals surface area contributed by atoms with Gasteiger partial charge in [-0.1, -0.05) is 18.2 Å². The second-order valence-corrected chi connectivity index (χ2v) is 6.68. The molecule has 0 radical (unpaired) electrons. The van der Waals surface area contributed by atoms with Gasteiger partial charge >= 0.3 is 5.97 Å². The lowest BCUT2D eigenvalue weighted by molar-refractivity contribution is -0.157. The molecule has 1 saturated carbocycles. The van der Waals surface area contributed by atoms with Crippen molar-refractivity contribution in [3.63, 3.8) is 0 Å². The van der Waals surface area contributed by atoms with Crippen LogP contribution in [0.15, 0.2) is 30.5 Å². The first-order valence-electron chi connectivity index (χ1n) is 8.77. The molecule has 0 aliphatic heterocycles. The standard InChI is InChI=1S/C19H23N3O4/c1-11(18(24)22-14-7-8-14)26-19(25)17(21-12(2)23)9-13-10-20-16-6-4-3-5-15(13)16/h3-6,10-11,14,17,20H,7-9H2,1-2H3,(H,21,23)(H,22,24)/t11-,17-/m0/s1. The van der Waals surface area contributed by atoms with Crippen LogP contribution in [0, 0.1) is 0 Å². The predicted octanol–water partition coefficient (Wildman–Crippen LogP) is 1.43. The van der Waals surface area contributed by atoms with E-state index in [0.29, 0.717) is 0 Å². The Morgan fingerprint density at radius 3 is 2.69 bits per heavy atom. The number of fused-ring (bicyclic) bond motifs is 1. The third-order valence-electron chi connectivity index (χ3n) is 4.35. The highest BCUT2D eigenvalue weighted by Gasteiger charge is 2.30. The number of carbonyl (C=O) groups excluding carboxylic acids is 3. The molecule has 7 nitrogen and oxygen atoms in total. The number of para-hydroxylation sites is 1. The molecule has 26 heavy (non-hydrogen) atoms. The van der Waals surface area contributed by atoms with Crippen molar-refractivity contribution >= 4 is 28.7 Å². The van der Waals surface area contributed by atoms with Gasteiger partial charge in [0.15, 0.2) is 6.10 Å². The molecule has 1 fully saturated rings. The zero-order valence-corrected chi connectivity index (χ0v) is 14.9. The van der Waals surface area contributed by atoms with Crippen LogP contribution in [-0.2, 0) is 25.5 Å². The largest absolute Gasteiger partial charge is 0.451 e. The van der Waals surface area contributed by atoms with Crippen LogP contribution in [0.25, 0.3) is 10.9 Å². The number of ether oxygens (including phenoxy) is 1. The Balaban J connectivity index is 1.69. The van der Waals surface area contributed by atoms with Crippen molar-refractivity contribution in [2.24, 2.45) is 0 Å². The Morgan fingerprint density at radius 2 is 2.00 bits per heavy atom. The van der Waals surface area contributed by atoms with Crippen LogP contribution in [0.2, 0.25) is 0 Å². The maximum atomic E-state index is 12.5. The van der Waals surface area contributed by atoms with Gasteiger partial charge in [0.05, 0.1) is 0 Å². The molecule has 0 unspecified atom stereocenters. The second kappa shape index (κ2) is 7.59. The van der Waals surface area contributed by atoms with Gasteiger partial charge in [-0.15, -0.1) is 0 Å². The first-order chi connectivity index (χ1) is 12.4. The monoisotopic (exact) mass is 357 g/mol. The first kappa shape index (κ1) is 18.0. The summed E-state index contributed by atoms with van der Waals surface area (Å²) in [4.78, 5) is 39.2. The van der Waals surface area contributed by atoms with Gasteiger partial charge in [-0.2, -0.15) is 0 Å². The number of nitrogens with one attached hydrogen (secondary N) is 3. The van der Waals surface area contributed by atoms with Crippen LogP contribution in [0.3, 0.4) is 0 Å². The summed E-state index contributed by atoms with van der Waals surface area (Å²) < 4.78 is 5.29. The third-order valence-corrected chi connectivity index (χ3v) is 4.35. The number of H-pyrrole nitrogens is 1. The van der Waals surface area contributed by atoms with Crippen molar-refractivity contribution in [3.8, 4) is 0 Å². The fraction of sp³-hybridized carbons (Fsp3) is 0.421. The van der Waals surface area contributed by atoms with E-state index in [4.69, 9.17) is 4.74 Å². The topological polar surface area (TPSA) is 100 Å². The van der Waals surface area contributed by atoms with Crippen LogP contribution in [-0.4, -0.2) is 41.0 Å². The smallest absolute Gasteiger partial charge is 0.329 e. The summed E-state index contributed by atoms with van der Waals surface area (Å²) in [6, 6.07) is 7.06. The summed E-state index contributed by atoms with van der Waals surface area (Å²) in [5.74, 6) is -1.26. The normalized spacial score (nSPS) is 15.9. The van der Waals surface area contributed by atoms with E-state index in [1.165, 1.54) is 13.8 Å². The summed E-state index contributed by atoms with van der Waals surface area (Å²) >= 11 is 0. The molecule has 3 N–H and O–H groups in total. The fourth-order valence-corrected chi connectivity index (χ4v) is 2.82. The molecule has 7 heteroatoms. The summed E-state index contributed by atoms with van der Waals surface area (Å²) in [6.07, 6.45) is 3.11. The SMILES string of the molecule is CC(=O)N[C@@H](Cc1c[nH]c2ccccc12)C(=O)O[C@@H](C)C(=O)NC1CC1. The maximum Gasteiger partial charge on any atom is 0.329 e. The number of aromatic nitrogens is 1. The van der Waals surface area contributed by atoms with Gasteiger partial charge in [-0.3, -0.25) is 9.59 Å². The summed E-state index contributed by atoms with van der Waals surface area (Å²) in [7, 11) is 0. The average Bonchev–Trinajstić information content (AvgIpc) is 3.32. The van der Waals surface area contributed by atoms with Gasteiger partial charge < -0.3 is 20.4 Å². The van der Waals surface area contributed by atoms with E-state index in [0.717, 1.165) is 29.3 Å². The highest BCUT2D eigenvalue weighted by Crippen LogP contribution is 2.20. The molecule has 138 valence electrons.